The predicted molar refractivity (Wildman–Crippen MR) is 72.3 cm³/mol. The van der Waals surface area contributed by atoms with Gasteiger partial charge in [0, 0.05) is 11.6 Å². The molecule has 0 bridgehead atoms. The number of ether oxygens (including phenoxy) is 1. The van der Waals surface area contributed by atoms with Gasteiger partial charge in [0.2, 0.25) is 0 Å². The molecule has 0 aliphatic carbocycles. The van der Waals surface area contributed by atoms with Crippen LogP contribution in [0, 0.1) is 0 Å². The zero-order valence-electron chi connectivity index (χ0n) is 11.6. The average Bonchev–Trinajstić information content (AvgIpc) is 2.35. The van der Waals surface area contributed by atoms with Crippen LogP contribution in [0.15, 0.2) is 24.8 Å². The highest BCUT2D eigenvalue weighted by Crippen LogP contribution is 2.03. The van der Waals surface area contributed by atoms with Gasteiger partial charge in [-0.2, -0.15) is 0 Å². The molecule has 0 aromatic carbocycles. The number of carbonyl (C=O) groups is 2. The highest BCUT2D eigenvalue weighted by molar-refractivity contribution is 5.85. The molecule has 0 radical (unpaired) electrons. The van der Waals surface area contributed by atoms with Crippen LogP contribution in [0.2, 0.25) is 0 Å². The van der Waals surface area contributed by atoms with Crippen LogP contribution in [-0.2, 0) is 14.3 Å². The molecule has 0 aliphatic rings. The third kappa shape index (κ3) is 12.5. The first-order chi connectivity index (χ1) is 8.38. The van der Waals surface area contributed by atoms with Crippen LogP contribution in [0.3, 0.4) is 0 Å². The topological polar surface area (TPSA) is 63.6 Å². The van der Waals surface area contributed by atoms with Crippen molar-refractivity contribution in [1.29, 1.82) is 0 Å². The normalized spacial score (nSPS) is 10.6. The predicted octanol–water partition coefficient (Wildman–Crippen LogP) is 3.33. The quantitative estimate of drug-likeness (QED) is 0.560. The average molecular weight is 256 g/mol. The summed E-state index contributed by atoms with van der Waals surface area (Å²) in [5, 5.41) is 8.31. The summed E-state index contributed by atoms with van der Waals surface area (Å²) in [4.78, 5) is 20.5. The van der Waals surface area contributed by atoms with Gasteiger partial charge in [-0.3, -0.25) is 0 Å². The molecule has 0 aromatic rings. The molecule has 0 saturated carbocycles. The van der Waals surface area contributed by atoms with E-state index in [1.165, 1.54) is 6.08 Å². The summed E-state index contributed by atoms with van der Waals surface area (Å²) in [6.45, 7) is 12.5. The van der Waals surface area contributed by atoms with E-state index in [0.717, 1.165) is 19.3 Å². The molecule has 0 aliphatic heterocycles. The molecule has 1 unspecified atom stereocenters. The monoisotopic (exact) mass is 256 g/mol. The van der Waals surface area contributed by atoms with Gasteiger partial charge in [0.25, 0.3) is 0 Å². The Hall–Kier alpha value is -1.58. The number of hydrogen-bond acceptors (Lipinski definition) is 3. The maximum Gasteiger partial charge on any atom is 0.330 e. The molecule has 0 saturated heterocycles. The van der Waals surface area contributed by atoms with Crippen molar-refractivity contribution in [2.24, 2.45) is 0 Å². The number of hydrogen-bond donors (Lipinski definition) is 1. The fourth-order valence-corrected chi connectivity index (χ4v) is 0.827. The minimum Gasteiger partial charge on any atom is -0.478 e. The SMILES string of the molecule is C=C(CCCC)C(=O)O.C=CC(=O)OC(C)CC. The van der Waals surface area contributed by atoms with Crippen molar-refractivity contribution >= 4 is 11.9 Å². The van der Waals surface area contributed by atoms with E-state index < -0.39 is 5.97 Å². The fourth-order valence-electron chi connectivity index (χ4n) is 0.827. The largest absolute Gasteiger partial charge is 0.478 e. The maximum atomic E-state index is 10.4. The Morgan fingerprint density at radius 3 is 2.28 bits per heavy atom. The van der Waals surface area contributed by atoms with E-state index in [4.69, 9.17) is 9.84 Å². The molecular weight excluding hydrogens is 232 g/mol. The molecule has 4 nitrogen and oxygen atoms in total. The van der Waals surface area contributed by atoms with Gasteiger partial charge in [-0.25, -0.2) is 9.59 Å². The highest BCUT2D eigenvalue weighted by Gasteiger charge is 2.01. The van der Waals surface area contributed by atoms with E-state index in [9.17, 15) is 9.59 Å². The van der Waals surface area contributed by atoms with Crippen LogP contribution in [0.4, 0.5) is 0 Å². The summed E-state index contributed by atoms with van der Waals surface area (Å²) in [6, 6.07) is 0. The van der Waals surface area contributed by atoms with Gasteiger partial charge in [0.15, 0.2) is 0 Å². The molecule has 0 amide bonds. The number of carboxylic acid groups (broad SMARTS) is 1. The van der Waals surface area contributed by atoms with Gasteiger partial charge in [-0.05, 0) is 26.2 Å². The van der Waals surface area contributed by atoms with Crippen LogP contribution in [0.1, 0.15) is 46.5 Å². The van der Waals surface area contributed by atoms with Crippen molar-refractivity contribution < 1.29 is 19.4 Å². The Labute approximate surface area is 109 Å². The zero-order chi connectivity index (χ0) is 14.6. The molecule has 0 rings (SSSR count). The smallest absolute Gasteiger partial charge is 0.330 e. The Morgan fingerprint density at radius 2 is 1.94 bits per heavy atom. The van der Waals surface area contributed by atoms with Crippen LogP contribution >= 0.6 is 0 Å². The molecule has 104 valence electrons. The molecule has 1 N–H and O–H groups in total. The van der Waals surface area contributed by atoms with Crippen LogP contribution in [0.25, 0.3) is 0 Å². The second-order valence-electron chi connectivity index (χ2n) is 3.87. The van der Waals surface area contributed by atoms with Gasteiger partial charge in [0.05, 0.1) is 6.10 Å². The van der Waals surface area contributed by atoms with Crippen molar-refractivity contribution in [3.05, 3.63) is 24.8 Å². The van der Waals surface area contributed by atoms with E-state index >= 15 is 0 Å². The number of unbranched alkanes of at least 4 members (excludes halogenated alkanes) is 1. The molecular formula is C14H24O4. The van der Waals surface area contributed by atoms with Crippen molar-refractivity contribution in [2.75, 3.05) is 0 Å². The van der Waals surface area contributed by atoms with Gasteiger partial charge in [-0.1, -0.05) is 33.4 Å². The fraction of sp³-hybridized carbons (Fsp3) is 0.571. The summed E-state index contributed by atoms with van der Waals surface area (Å²) in [5.41, 5.74) is 0.317. The molecule has 0 aromatic heterocycles. The minimum atomic E-state index is -0.872. The zero-order valence-corrected chi connectivity index (χ0v) is 11.6. The summed E-state index contributed by atoms with van der Waals surface area (Å²) in [7, 11) is 0. The van der Waals surface area contributed by atoms with Gasteiger partial charge in [-0.15, -0.1) is 0 Å². The lowest BCUT2D eigenvalue weighted by molar-refractivity contribution is -0.142. The first kappa shape index (κ1) is 18.8. The minimum absolute atomic E-state index is 0.00972. The molecule has 1 atom stereocenters. The molecule has 18 heavy (non-hydrogen) atoms. The summed E-state index contributed by atoms with van der Waals surface area (Å²) < 4.78 is 4.79. The van der Waals surface area contributed by atoms with E-state index in [-0.39, 0.29) is 12.1 Å². The second-order valence-corrected chi connectivity index (χ2v) is 3.87. The third-order valence-corrected chi connectivity index (χ3v) is 2.19. The molecule has 4 heteroatoms. The van der Waals surface area contributed by atoms with Crippen molar-refractivity contribution in [3.8, 4) is 0 Å². The van der Waals surface area contributed by atoms with E-state index in [2.05, 4.69) is 13.2 Å². The first-order valence-electron chi connectivity index (χ1n) is 6.13. The summed E-state index contributed by atoms with van der Waals surface area (Å²) >= 11 is 0. The Kier molecular flexibility index (Phi) is 12.4. The maximum absolute atomic E-state index is 10.4. The van der Waals surface area contributed by atoms with Gasteiger partial charge < -0.3 is 9.84 Å². The number of carboxylic acids is 1. The number of carbonyl (C=O) groups excluding carboxylic acids is 1. The number of aliphatic carboxylic acids is 1. The first-order valence-corrected chi connectivity index (χ1v) is 6.13. The summed E-state index contributed by atoms with van der Waals surface area (Å²) in [6.07, 6.45) is 4.59. The Morgan fingerprint density at radius 1 is 1.39 bits per heavy atom. The lowest BCUT2D eigenvalue weighted by Gasteiger charge is -2.07. The number of esters is 1. The number of rotatable bonds is 7. The Bertz CT molecular complexity index is 282. The molecule has 0 heterocycles. The van der Waals surface area contributed by atoms with Crippen molar-refractivity contribution in [3.63, 3.8) is 0 Å². The van der Waals surface area contributed by atoms with Crippen molar-refractivity contribution in [1.82, 2.24) is 0 Å². The standard InChI is InChI=1S/2C7H12O2/c1-4-6(3)9-7(8)5-2;1-3-4-5-6(2)7(8)9/h5-6H,2,4H2,1,3H3;2-5H2,1H3,(H,8,9). The van der Waals surface area contributed by atoms with Gasteiger partial charge in [0.1, 0.15) is 0 Å². The van der Waals surface area contributed by atoms with E-state index in [0.29, 0.717) is 12.0 Å². The van der Waals surface area contributed by atoms with Gasteiger partial charge >= 0.3 is 11.9 Å². The lowest BCUT2D eigenvalue weighted by atomic mass is 10.1. The Balaban J connectivity index is 0. The van der Waals surface area contributed by atoms with Crippen LogP contribution in [0.5, 0.6) is 0 Å². The third-order valence-electron chi connectivity index (χ3n) is 2.19. The lowest BCUT2D eigenvalue weighted by Crippen LogP contribution is -2.10. The second kappa shape index (κ2) is 11.9. The molecule has 0 spiro atoms. The summed E-state index contributed by atoms with van der Waals surface area (Å²) in [5.74, 6) is -1.21. The highest BCUT2D eigenvalue weighted by atomic mass is 16.5. The van der Waals surface area contributed by atoms with Crippen LogP contribution < -0.4 is 0 Å². The van der Waals surface area contributed by atoms with E-state index in [1.807, 2.05) is 20.8 Å². The molecule has 0 fully saturated rings. The van der Waals surface area contributed by atoms with E-state index in [1.54, 1.807) is 0 Å². The van der Waals surface area contributed by atoms with Crippen molar-refractivity contribution in [2.45, 2.75) is 52.6 Å². The van der Waals surface area contributed by atoms with Crippen LogP contribution in [-0.4, -0.2) is 23.1 Å².